The Morgan fingerprint density at radius 3 is 2.86 bits per heavy atom. The second-order valence-electron chi connectivity index (χ2n) is 4.10. The van der Waals surface area contributed by atoms with Crippen LogP contribution in [-0.2, 0) is 6.42 Å². The highest BCUT2D eigenvalue weighted by atomic mass is 35.5. The van der Waals surface area contributed by atoms with Crippen LogP contribution in [0.4, 0.5) is 4.39 Å². The second-order valence-corrected chi connectivity index (χ2v) is 4.46. The number of hydrogen-bond donors (Lipinski definition) is 0. The van der Waals surface area contributed by atoms with Gasteiger partial charge in [0.05, 0.1) is 17.4 Å². The lowest BCUT2D eigenvalue weighted by atomic mass is 10.0. The lowest BCUT2D eigenvalue weighted by Crippen LogP contribution is -2.08. The molecule has 0 atom stereocenters. The van der Waals surface area contributed by atoms with Gasteiger partial charge in [-0.2, -0.15) is 0 Å². The van der Waals surface area contributed by atoms with Gasteiger partial charge in [-0.1, -0.05) is 25.1 Å². The van der Waals surface area contributed by atoms with Gasteiger partial charge in [-0.15, -0.1) is 0 Å². The van der Waals surface area contributed by atoms with Gasteiger partial charge in [0.1, 0.15) is 22.5 Å². The quantitative estimate of drug-likeness (QED) is 0.481. The fourth-order valence-electron chi connectivity index (χ4n) is 1.73. The molecule has 0 spiro atoms. The molecule has 0 aliphatic rings. The predicted octanol–water partition coefficient (Wildman–Crippen LogP) is 3.58. The number of aromatic nitrogens is 2. The number of carbonyl (C=O) groups excluding carboxylic acids is 1. The van der Waals surface area contributed by atoms with E-state index < -0.39 is 11.6 Å². The summed E-state index contributed by atoms with van der Waals surface area (Å²) in [5.74, 6) is -0.360. The summed E-state index contributed by atoms with van der Waals surface area (Å²) in [6.45, 7) is 5.28. The van der Waals surface area contributed by atoms with Gasteiger partial charge in [0, 0.05) is 12.6 Å². The lowest BCUT2D eigenvalue weighted by molar-refractivity contribution is 0.103. The van der Waals surface area contributed by atoms with E-state index in [2.05, 4.69) is 16.5 Å². The van der Waals surface area contributed by atoms with E-state index in [0.717, 1.165) is 12.3 Å². The number of benzene rings is 1. The molecule has 21 heavy (non-hydrogen) atoms. The third kappa shape index (κ3) is 3.25. The molecule has 2 aromatic rings. The van der Waals surface area contributed by atoms with Crippen LogP contribution in [0.3, 0.4) is 0 Å². The molecule has 4 nitrogen and oxygen atoms in total. The van der Waals surface area contributed by atoms with Crippen molar-refractivity contribution in [2.24, 2.45) is 0 Å². The summed E-state index contributed by atoms with van der Waals surface area (Å²) in [7, 11) is 0. The van der Waals surface area contributed by atoms with E-state index in [4.69, 9.17) is 16.3 Å². The summed E-state index contributed by atoms with van der Waals surface area (Å²) in [4.78, 5) is 20.5. The van der Waals surface area contributed by atoms with Crippen LogP contribution < -0.4 is 4.74 Å². The molecular weight excluding hydrogens is 295 g/mol. The number of carbonyl (C=O) groups is 1. The zero-order valence-electron chi connectivity index (χ0n) is 11.3. The van der Waals surface area contributed by atoms with Crippen LogP contribution in [0.2, 0.25) is 5.15 Å². The SMILES string of the molecule is C=COc1ccc(F)cc1C(=O)c1cnc(CC)nc1Cl. The Morgan fingerprint density at radius 2 is 2.24 bits per heavy atom. The maximum Gasteiger partial charge on any atom is 0.201 e. The summed E-state index contributed by atoms with van der Waals surface area (Å²) in [5, 5.41) is 0.0284. The summed E-state index contributed by atoms with van der Waals surface area (Å²) >= 11 is 6.00. The first-order chi connectivity index (χ1) is 10.1. The van der Waals surface area contributed by atoms with E-state index in [1.165, 1.54) is 18.3 Å². The molecule has 0 aliphatic carbocycles. The van der Waals surface area contributed by atoms with Crippen LogP contribution in [0.25, 0.3) is 0 Å². The highest BCUT2D eigenvalue weighted by Gasteiger charge is 2.19. The number of ether oxygens (including phenoxy) is 1. The largest absolute Gasteiger partial charge is 0.465 e. The second kappa shape index (κ2) is 6.45. The van der Waals surface area contributed by atoms with E-state index in [1.807, 2.05) is 6.92 Å². The average molecular weight is 307 g/mol. The predicted molar refractivity (Wildman–Crippen MR) is 77.1 cm³/mol. The van der Waals surface area contributed by atoms with Crippen LogP contribution in [0, 0.1) is 5.82 Å². The van der Waals surface area contributed by atoms with Crippen molar-refractivity contribution < 1.29 is 13.9 Å². The van der Waals surface area contributed by atoms with Crippen LogP contribution in [0.5, 0.6) is 5.75 Å². The molecule has 108 valence electrons. The van der Waals surface area contributed by atoms with E-state index in [-0.39, 0.29) is 22.0 Å². The van der Waals surface area contributed by atoms with Crippen molar-refractivity contribution >= 4 is 17.4 Å². The first-order valence-corrected chi connectivity index (χ1v) is 6.57. The molecule has 0 N–H and O–H groups in total. The fourth-order valence-corrected chi connectivity index (χ4v) is 1.97. The number of ketones is 1. The summed E-state index contributed by atoms with van der Waals surface area (Å²) in [5.41, 5.74) is 0.123. The molecule has 0 radical (unpaired) electrons. The summed E-state index contributed by atoms with van der Waals surface area (Å²) < 4.78 is 18.5. The smallest absolute Gasteiger partial charge is 0.201 e. The Morgan fingerprint density at radius 1 is 1.48 bits per heavy atom. The molecule has 6 heteroatoms. The molecule has 0 bridgehead atoms. The molecule has 0 fully saturated rings. The summed E-state index contributed by atoms with van der Waals surface area (Å²) in [6, 6.07) is 3.61. The van der Waals surface area contributed by atoms with Crippen LogP contribution in [-0.4, -0.2) is 15.8 Å². The van der Waals surface area contributed by atoms with Gasteiger partial charge in [0.25, 0.3) is 0 Å². The van der Waals surface area contributed by atoms with Gasteiger partial charge in [-0.25, -0.2) is 14.4 Å². The minimum Gasteiger partial charge on any atom is -0.465 e. The van der Waals surface area contributed by atoms with Crippen molar-refractivity contribution in [3.05, 3.63) is 65.2 Å². The minimum atomic E-state index is -0.558. The first-order valence-electron chi connectivity index (χ1n) is 6.20. The van der Waals surface area contributed by atoms with Crippen molar-refractivity contribution in [1.29, 1.82) is 0 Å². The Hall–Kier alpha value is -2.27. The number of halogens is 2. The molecule has 1 heterocycles. The first kappa shape index (κ1) is 15.1. The van der Waals surface area contributed by atoms with Crippen molar-refractivity contribution in [2.45, 2.75) is 13.3 Å². The van der Waals surface area contributed by atoms with Crippen LogP contribution in [0.1, 0.15) is 28.7 Å². The van der Waals surface area contributed by atoms with Gasteiger partial charge in [-0.3, -0.25) is 4.79 Å². The topological polar surface area (TPSA) is 52.1 Å². The van der Waals surface area contributed by atoms with E-state index >= 15 is 0 Å². The third-order valence-corrected chi connectivity index (χ3v) is 3.04. The van der Waals surface area contributed by atoms with Gasteiger partial charge < -0.3 is 4.74 Å². The molecule has 2 rings (SSSR count). The Kier molecular flexibility index (Phi) is 4.65. The minimum absolute atomic E-state index is 0.0284. The Labute approximate surface area is 126 Å². The van der Waals surface area contributed by atoms with Crippen molar-refractivity contribution in [3.8, 4) is 5.75 Å². The van der Waals surface area contributed by atoms with Crippen molar-refractivity contribution in [1.82, 2.24) is 9.97 Å². The molecular formula is C15H12ClFN2O2. The zero-order chi connectivity index (χ0) is 15.4. The van der Waals surface area contributed by atoms with Gasteiger partial charge >= 0.3 is 0 Å². The Balaban J connectivity index is 2.49. The van der Waals surface area contributed by atoms with Crippen molar-refractivity contribution in [2.75, 3.05) is 0 Å². The Bertz CT molecular complexity index is 704. The maximum atomic E-state index is 13.4. The monoisotopic (exact) mass is 306 g/mol. The van der Waals surface area contributed by atoms with Crippen molar-refractivity contribution in [3.63, 3.8) is 0 Å². The number of aryl methyl sites for hydroxylation is 1. The number of nitrogens with zero attached hydrogens (tertiary/aromatic N) is 2. The molecule has 1 aromatic heterocycles. The number of rotatable bonds is 5. The molecule has 0 unspecified atom stereocenters. The highest BCUT2D eigenvalue weighted by Crippen LogP contribution is 2.25. The molecule has 0 aliphatic heterocycles. The van der Waals surface area contributed by atoms with E-state index in [9.17, 15) is 9.18 Å². The average Bonchev–Trinajstić information content (AvgIpc) is 2.48. The molecule has 0 saturated heterocycles. The highest BCUT2D eigenvalue weighted by molar-refractivity contribution is 6.33. The normalized spacial score (nSPS) is 10.2. The number of hydrogen-bond acceptors (Lipinski definition) is 4. The van der Waals surface area contributed by atoms with E-state index in [0.29, 0.717) is 12.2 Å². The lowest BCUT2D eigenvalue weighted by Gasteiger charge is -2.09. The van der Waals surface area contributed by atoms with Gasteiger partial charge in [0.15, 0.2) is 0 Å². The summed E-state index contributed by atoms with van der Waals surface area (Å²) in [6.07, 6.45) is 3.08. The van der Waals surface area contributed by atoms with E-state index in [1.54, 1.807) is 0 Å². The molecule has 1 aromatic carbocycles. The maximum absolute atomic E-state index is 13.4. The standard InChI is InChI=1S/C15H12ClFN2O2/c1-3-13-18-8-11(15(16)19-13)14(20)10-7-9(17)5-6-12(10)21-4-2/h4-8H,2-3H2,1H3. The molecule has 0 amide bonds. The van der Waals surface area contributed by atoms with Gasteiger partial charge in [-0.05, 0) is 18.2 Å². The molecule has 0 saturated carbocycles. The fraction of sp³-hybridized carbons (Fsp3) is 0.133. The van der Waals surface area contributed by atoms with Crippen LogP contribution in [0.15, 0.2) is 37.2 Å². The van der Waals surface area contributed by atoms with Crippen LogP contribution >= 0.6 is 11.6 Å². The van der Waals surface area contributed by atoms with Gasteiger partial charge in [0.2, 0.25) is 5.78 Å². The third-order valence-electron chi connectivity index (χ3n) is 2.75. The zero-order valence-corrected chi connectivity index (χ0v) is 12.0.